The smallest absolute Gasteiger partial charge is 0.231 e. The van der Waals surface area contributed by atoms with Gasteiger partial charge in [0.2, 0.25) is 6.79 Å². The molecule has 0 radical (unpaired) electrons. The van der Waals surface area contributed by atoms with Gasteiger partial charge < -0.3 is 9.47 Å². The van der Waals surface area contributed by atoms with Gasteiger partial charge in [0.15, 0.2) is 11.5 Å². The molecule has 1 aliphatic heterocycles. The molecular formula is C15H19NO2. The number of benzene rings is 1. The minimum Gasteiger partial charge on any atom is -0.454 e. The highest BCUT2D eigenvalue weighted by atomic mass is 16.7. The van der Waals surface area contributed by atoms with Gasteiger partial charge in [-0.3, -0.25) is 5.32 Å². The molecule has 1 aromatic rings. The largest absolute Gasteiger partial charge is 0.454 e. The van der Waals surface area contributed by atoms with Crippen molar-refractivity contribution < 1.29 is 9.47 Å². The summed E-state index contributed by atoms with van der Waals surface area (Å²) in [7, 11) is 0. The Balaban J connectivity index is 2.05. The molecule has 0 aliphatic carbocycles. The van der Waals surface area contributed by atoms with Crippen LogP contribution in [-0.2, 0) is 0 Å². The first kappa shape index (κ1) is 12.8. The highest BCUT2D eigenvalue weighted by Crippen LogP contribution is 2.34. The predicted octanol–water partition coefficient (Wildman–Crippen LogP) is 2.87. The Morgan fingerprint density at radius 2 is 2.17 bits per heavy atom. The maximum absolute atomic E-state index is 5.52. The molecule has 0 fully saturated rings. The van der Waals surface area contributed by atoms with E-state index in [1.54, 1.807) is 0 Å². The highest BCUT2D eigenvalue weighted by Gasteiger charge is 2.16. The third-order valence-electron chi connectivity index (χ3n) is 3.13. The van der Waals surface area contributed by atoms with Gasteiger partial charge in [0, 0.05) is 6.04 Å². The van der Waals surface area contributed by atoms with E-state index in [2.05, 4.69) is 25.1 Å². The van der Waals surface area contributed by atoms with E-state index in [0.717, 1.165) is 29.9 Å². The zero-order chi connectivity index (χ0) is 13.0. The molecule has 0 spiro atoms. The Bertz CT molecular complexity index is 450. The summed E-state index contributed by atoms with van der Waals surface area (Å²) >= 11 is 0. The van der Waals surface area contributed by atoms with Crippen molar-refractivity contribution in [2.24, 2.45) is 0 Å². The average Bonchev–Trinajstić information content (AvgIpc) is 2.85. The molecule has 0 saturated heterocycles. The maximum atomic E-state index is 5.52. The lowest BCUT2D eigenvalue weighted by molar-refractivity contribution is 0.174. The Morgan fingerprint density at radius 1 is 1.39 bits per heavy atom. The van der Waals surface area contributed by atoms with Crippen molar-refractivity contribution in [3.8, 4) is 23.8 Å². The second-order valence-corrected chi connectivity index (χ2v) is 4.51. The molecule has 2 unspecified atom stereocenters. The average molecular weight is 245 g/mol. The Hall–Kier alpha value is -1.66. The zero-order valence-electron chi connectivity index (χ0n) is 10.9. The van der Waals surface area contributed by atoms with Crippen LogP contribution in [0.5, 0.6) is 11.5 Å². The van der Waals surface area contributed by atoms with E-state index in [9.17, 15) is 0 Å². The van der Waals surface area contributed by atoms with Crippen molar-refractivity contribution in [1.29, 1.82) is 0 Å². The van der Waals surface area contributed by atoms with Crippen molar-refractivity contribution in [3.63, 3.8) is 0 Å². The summed E-state index contributed by atoms with van der Waals surface area (Å²) in [5, 5.41) is 3.44. The van der Waals surface area contributed by atoms with Crippen LogP contribution in [-0.4, -0.2) is 12.8 Å². The highest BCUT2D eigenvalue weighted by molar-refractivity contribution is 5.45. The number of rotatable bonds is 5. The summed E-state index contributed by atoms with van der Waals surface area (Å²) in [6.07, 6.45) is 7.59. The van der Waals surface area contributed by atoms with Crippen LogP contribution in [0.3, 0.4) is 0 Å². The molecule has 1 heterocycles. The van der Waals surface area contributed by atoms with Gasteiger partial charge in [-0.2, -0.15) is 0 Å². The lowest BCUT2D eigenvalue weighted by atomic mass is 10.1. The molecule has 1 aliphatic rings. The first-order valence-electron chi connectivity index (χ1n) is 6.36. The molecule has 0 bridgehead atoms. The van der Waals surface area contributed by atoms with Gasteiger partial charge in [0.1, 0.15) is 0 Å². The number of hydrogen-bond acceptors (Lipinski definition) is 3. The molecule has 2 rings (SSSR count). The van der Waals surface area contributed by atoms with Crippen LogP contribution in [0.4, 0.5) is 0 Å². The fourth-order valence-corrected chi connectivity index (χ4v) is 2.08. The standard InChI is InChI=1S/C15H19NO2/c1-4-6-13(5-2)16-11(3)12-7-8-14-15(9-12)18-10-17-14/h2,7-9,11,13,16H,4,6,10H2,1,3H3. The van der Waals surface area contributed by atoms with Crippen LogP contribution in [0.15, 0.2) is 18.2 Å². The Kier molecular flexibility index (Phi) is 4.11. The summed E-state index contributed by atoms with van der Waals surface area (Å²) in [6.45, 7) is 4.55. The molecule has 3 heteroatoms. The van der Waals surface area contributed by atoms with Gasteiger partial charge in [-0.05, 0) is 31.0 Å². The number of nitrogens with one attached hydrogen (secondary N) is 1. The van der Waals surface area contributed by atoms with E-state index >= 15 is 0 Å². The Morgan fingerprint density at radius 3 is 2.89 bits per heavy atom. The normalized spacial score (nSPS) is 16.1. The lowest BCUT2D eigenvalue weighted by Gasteiger charge is -2.19. The van der Waals surface area contributed by atoms with Gasteiger partial charge in [-0.1, -0.05) is 25.3 Å². The minimum atomic E-state index is 0.121. The van der Waals surface area contributed by atoms with Crippen LogP contribution in [0.1, 0.15) is 38.3 Å². The second kappa shape index (κ2) is 5.79. The van der Waals surface area contributed by atoms with Crippen LogP contribution in [0, 0.1) is 12.3 Å². The molecule has 3 nitrogen and oxygen atoms in total. The first-order chi connectivity index (χ1) is 8.74. The van der Waals surface area contributed by atoms with Crippen molar-refractivity contribution in [1.82, 2.24) is 5.32 Å². The van der Waals surface area contributed by atoms with Crippen LogP contribution in [0.25, 0.3) is 0 Å². The van der Waals surface area contributed by atoms with E-state index in [1.807, 2.05) is 18.2 Å². The number of hydrogen-bond donors (Lipinski definition) is 1. The fourth-order valence-electron chi connectivity index (χ4n) is 2.08. The summed E-state index contributed by atoms with van der Waals surface area (Å²) in [4.78, 5) is 0. The first-order valence-corrected chi connectivity index (χ1v) is 6.36. The molecule has 2 atom stereocenters. The van der Waals surface area contributed by atoms with Crippen LogP contribution >= 0.6 is 0 Å². The van der Waals surface area contributed by atoms with Gasteiger partial charge in [0.25, 0.3) is 0 Å². The van der Waals surface area contributed by atoms with Crippen molar-refractivity contribution >= 4 is 0 Å². The topological polar surface area (TPSA) is 30.5 Å². The van der Waals surface area contributed by atoms with E-state index in [4.69, 9.17) is 15.9 Å². The van der Waals surface area contributed by atoms with E-state index in [0.29, 0.717) is 6.79 Å². The summed E-state index contributed by atoms with van der Waals surface area (Å²) in [5.74, 6) is 4.42. The van der Waals surface area contributed by atoms with Crippen LogP contribution in [0.2, 0.25) is 0 Å². The van der Waals surface area contributed by atoms with Gasteiger partial charge in [0.05, 0.1) is 6.04 Å². The molecule has 0 amide bonds. The third-order valence-corrected chi connectivity index (χ3v) is 3.13. The summed E-state index contributed by atoms with van der Waals surface area (Å²) < 4.78 is 10.7. The quantitative estimate of drug-likeness (QED) is 0.809. The third kappa shape index (κ3) is 2.77. The molecular weight excluding hydrogens is 226 g/mol. The predicted molar refractivity (Wildman–Crippen MR) is 71.6 cm³/mol. The molecule has 1 N–H and O–H groups in total. The van der Waals surface area contributed by atoms with Crippen molar-refractivity contribution in [3.05, 3.63) is 23.8 Å². The monoisotopic (exact) mass is 245 g/mol. The van der Waals surface area contributed by atoms with E-state index in [1.165, 1.54) is 0 Å². The fraction of sp³-hybridized carbons (Fsp3) is 0.467. The van der Waals surface area contributed by atoms with Crippen LogP contribution < -0.4 is 14.8 Å². The van der Waals surface area contributed by atoms with Crippen molar-refractivity contribution in [2.45, 2.75) is 38.8 Å². The minimum absolute atomic E-state index is 0.121. The number of ether oxygens (including phenoxy) is 2. The number of fused-ring (bicyclic) bond motifs is 1. The molecule has 1 aromatic carbocycles. The van der Waals surface area contributed by atoms with Gasteiger partial charge in [-0.25, -0.2) is 0 Å². The van der Waals surface area contributed by atoms with E-state index < -0.39 is 0 Å². The molecule has 0 saturated carbocycles. The number of terminal acetylenes is 1. The molecule has 18 heavy (non-hydrogen) atoms. The summed E-state index contributed by atoms with van der Waals surface area (Å²) in [5.41, 5.74) is 1.16. The van der Waals surface area contributed by atoms with Gasteiger partial charge in [-0.15, -0.1) is 6.42 Å². The SMILES string of the molecule is C#CC(CCC)NC(C)c1ccc2c(c1)OCO2. The molecule has 96 valence electrons. The zero-order valence-corrected chi connectivity index (χ0v) is 10.9. The second-order valence-electron chi connectivity index (χ2n) is 4.51. The lowest BCUT2D eigenvalue weighted by Crippen LogP contribution is -2.30. The Labute approximate surface area is 108 Å². The van der Waals surface area contributed by atoms with E-state index in [-0.39, 0.29) is 12.1 Å². The summed E-state index contributed by atoms with van der Waals surface area (Å²) in [6, 6.07) is 6.33. The van der Waals surface area contributed by atoms with Gasteiger partial charge >= 0.3 is 0 Å². The maximum Gasteiger partial charge on any atom is 0.231 e. The molecule has 0 aromatic heterocycles. The van der Waals surface area contributed by atoms with Crippen molar-refractivity contribution in [2.75, 3.05) is 6.79 Å².